The molecule has 6 heteroatoms. The maximum absolute atomic E-state index is 11.9. The highest BCUT2D eigenvalue weighted by Gasteiger charge is 2.32. The number of furan rings is 1. The molecule has 0 N–H and O–H groups in total. The van der Waals surface area contributed by atoms with Crippen molar-refractivity contribution < 1.29 is 22.3 Å². The van der Waals surface area contributed by atoms with Gasteiger partial charge in [-0.2, -0.15) is 0 Å². The maximum atomic E-state index is 11.9. The van der Waals surface area contributed by atoms with Gasteiger partial charge in [0.05, 0.1) is 5.02 Å². The van der Waals surface area contributed by atoms with Crippen molar-refractivity contribution in [3.05, 3.63) is 41.4 Å². The van der Waals surface area contributed by atoms with Crippen molar-refractivity contribution in [3.63, 3.8) is 0 Å². The molecule has 17 heavy (non-hydrogen) atoms. The number of halogens is 4. The van der Waals surface area contributed by atoms with Crippen molar-refractivity contribution in [1.82, 2.24) is 0 Å². The summed E-state index contributed by atoms with van der Waals surface area (Å²) in [7, 11) is 0. The molecule has 0 aliphatic heterocycles. The summed E-state index contributed by atoms with van der Waals surface area (Å²) < 4.78 is 44.3. The summed E-state index contributed by atoms with van der Waals surface area (Å²) in [6.45, 7) is 0. The van der Waals surface area contributed by atoms with Gasteiger partial charge in [-0.3, -0.25) is 0 Å². The summed E-state index contributed by atoms with van der Waals surface area (Å²) in [5.41, 5.74) is 0.506. The predicted molar refractivity (Wildman–Crippen MR) is 55.8 cm³/mol. The van der Waals surface area contributed by atoms with E-state index in [9.17, 15) is 13.2 Å². The van der Waals surface area contributed by atoms with Crippen molar-refractivity contribution in [1.29, 1.82) is 0 Å². The van der Waals surface area contributed by atoms with Gasteiger partial charge in [-0.25, -0.2) is 0 Å². The molecular weight excluding hydrogens is 257 g/mol. The quantitative estimate of drug-likeness (QED) is 0.795. The average Bonchev–Trinajstić information content (AvgIpc) is 2.64. The van der Waals surface area contributed by atoms with Crippen molar-refractivity contribution in [2.24, 2.45) is 0 Å². The summed E-state index contributed by atoms with van der Waals surface area (Å²) in [5.74, 6) is -0.401. The van der Waals surface area contributed by atoms with Crippen LogP contribution in [0.5, 0.6) is 5.95 Å². The minimum absolute atomic E-state index is 0.217. The number of hydrogen-bond donors (Lipinski definition) is 0. The minimum Gasteiger partial charge on any atom is -0.425 e. The van der Waals surface area contributed by atoms with Crippen LogP contribution in [0.3, 0.4) is 0 Å². The molecular formula is C11H6ClF3O2. The van der Waals surface area contributed by atoms with E-state index in [1.165, 1.54) is 6.07 Å². The average molecular weight is 263 g/mol. The molecule has 0 radical (unpaired) electrons. The number of hydrogen-bond acceptors (Lipinski definition) is 2. The van der Waals surface area contributed by atoms with Gasteiger partial charge in [-0.15, -0.1) is 13.2 Å². The summed E-state index contributed by atoms with van der Waals surface area (Å²) in [6, 6.07) is 9.12. The molecule has 0 amide bonds. The molecule has 2 rings (SSSR count). The molecule has 0 fully saturated rings. The van der Waals surface area contributed by atoms with E-state index in [1.807, 2.05) is 0 Å². The van der Waals surface area contributed by atoms with E-state index < -0.39 is 12.3 Å². The molecule has 0 bridgehead atoms. The van der Waals surface area contributed by atoms with Crippen molar-refractivity contribution >= 4 is 11.6 Å². The van der Waals surface area contributed by atoms with Crippen LogP contribution in [0.4, 0.5) is 13.2 Å². The van der Waals surface area contributed by atoms with Gasteiger partial charge in [0.2, 0.25) is 0 Å². The van der Waals surface area contributed by atoms with Gasteiger partial charge >= 0.3 is 6.36 Å². The van der Waals surface area contributed by atoms with E-state index in [0.717, 1.165) is 6.07 Å². The van der Waals surface area contributed by atoms with Gasteiger partial charge in [-0.1, -0.05) is 23.7 Å². The van der Waals surface area contributed by atoms with Crippen LogP contribution in [0.2, 0.25) is 5.02 Å². The zero-order chi connectivity index (χ0) is 12.5. The van der Waals surface area contributed by atoms with Gasteiger partial charge < -0.3 is 9.15 Å². The van der Waals surface area contributed by atoms with Gasteiger partial charge in [-0.05, 0) is 18.2 Å². The molecule has 0 saturated heterocycles. The van der Waals surface area contributed by atoms with E-state index in [2.05, 4.69) is 4.74 Å². The van der Waals surface area contributed by atoms with Crippen molar-refractivity contribution in [2.45, 2.75) is 6.36 Å². The maximum Gasteiger partial charge on any atom is 0.575 e. The molecule has 0 atom stereocenters. The molecule has 1 heterocycles. The molecule has 0 aliphatic carbocycles. The van der Waals surface area contributed by atoms with Crippen LogP contribution in [-0.2, 0) is 0 Å². The lowest BCUT2D eigenvalue weighted by Crippen LogP contribution is -2.16. The third-order valence-electron chi connectivity index (χ3n) is 1.94. The van der Waals surface area contributed by atoms with Gasteiger partial charge in [0, 0.05) is 11.6 Å². The lowest BCUT2D eigenvalue weighted by atomic mass is 10.2. The van der Waals surface area contributed by atoms with Crippen LogP contribution in [0.15, 0.2) is 40.8 Å². The largest absolute Gasteiger partial charge is 0.575 e. The summed E-state index contributed by atoms with van der Waals surface area (Å²) in [4.78, 5) is 0. The molecule has 90 valence electrons. The number of benzene rings is 1. The minimum atomic E-state index is -4.77. The molecule has 0 unspecified atom stereocenters. The van der Waals surface area contributed by atoms with Crippen molar-refractivity contribution in [3.8, 4) is 17.3 Å². The Balaban J connectivity index is 2.28. The summed E-state index contributed by atoms with van der Waals surface area (Å²) >= 11 is 5.88. The number of ether oxygens (including phenoxy) is 1. The van der Waals surface area contributed by atoms with Crippen LogP contribution in [0, 0.1) is 0 Å². The Morgan fingerprint density at radius 1 is 1.06 bits per heavy atom. The standard InChI is InChI=1S/C11H6ClF3O2/c12-8-4-2-1-3-7(8)9-5-6-10(16-9)17-11(13,14)15/h1-6H. The van der Waals surface area contributed by atoms with Crippen LogP contribution >= 0.6 is 11.6 Å². The van der Waals surface area contributed by atoms with E-state index >= 15 is 0 Å². The smallest absolute Gasteiger partial charge is 0.425 e. The SMILES string of the molecule is FC(F)(F)Oc1ccc(-c2ccccc2Cl)o1. The topological polar surface area (TPSA) is 22.4 Å². The second-order valence-electron chi connectivity index (χ2n) is 3.15. The Labute approximate surface area is 99.6 Å². The van der Waals surface area contributed by atoms with Crippen LogP contribution in [0.25, 0.3) is 11.3 Å². The molecule has 0 saturated carbocycles. The number of alkyl halides is 3. The Bertz CT molecular complexity index is 519. The molecule has 2 aromatic rings. The Morgan fingerprint density at radius 2 is 1.76 bits per heavy atom. The lowest BCUT2D eigenvalue weighted by Gasteiger charge is -2.04. The Hall–Kier alpha value is -1.62. The second kappa shape index (κ2) is 4.33. The molecule has 0 spiro atoms. The monoisotopic (exact) mass is 262 g/mol. The van der Waals surface area contributed by atoms with Gasteiger partial charge in [0.25, 0.3) is 5.95 Å². The summed E-state index contributed by atoms with van der Waals surface area (Å²) in [6.07, 6.45) is -4.77. The second-order valence-corrected chi connectivity index (χ2v) is 3.55. The van der Waals surface area contributed by atoms with E-state index in [0.29, 0.717) is 10.6 Å². The predicted octanol–water partition coefficient (Wildman–Crippen LogP) is 4.50. The molecule has 1 aromatic heterocycles. The first-order chi connectivity index (χ1) is 7.96. The highest BCUT2D eigenvalue weighted by Crippen LogP contribution is 2.33. The molecule has 2 nitrogen and oxygen atoms in total. The first kappa shape index (κ1) is 11.9. The fraction of sp³-hybridized carbons (Fsp3) is 0.0909. The zero-order valence-corrected chi connectivity index (χ0v) is 9.05. The van der Waals surface area contributed by atoms with E-state index in [-0.39, 0.29) is 5.76 Å². The fourth-order valence-corrected chi connectivity index (χ4v) is 1.52. The summed E-state index contributed by atoms with van der Waals surface area (Å²) in [5, 5.41) is 0.389. The Morgan fingerprint density at radius 3 is 2.41 bits per heavy atom. The highest BCUT2D eigenvalue weighted by atomic mass is 35.5. The molecule has 1 aromatic carbocycles. The number of rotatable bonds is 2. The zero-order valence-electron chi connectivity index (χ0n) is 8.29. The van der Waals surface area contributed by atoms with Crippen LogP contribution < -0.4 is 4.74 Å². The van der Waals surface area contributed by atoms with Crippen LogP contribution in [-0.4, -0.2) is 6.36 Å². The van der Waals surface area contributed by atoms with Crippen molar-refractivity contribution in [2.75, 3.05) is 0 Å². The van der Waals surface area contributed by atoms with Gasteiger partial charge in [0.1, 0.15) is 5.76 Å². The normalized spacial score (nSPS) is 11.5. The lowest BCUT2D eigenvalue weighted by molar-refractivity contribution is -0.280. The first-order valence-corrected chi connectivity index (χ1v) is 4.94. The van der Waals surface area contributed by atoms with E-state index in [4.69, 9.17) is 16.0 Å². The fourth-order valence-electron chi connectivity index (χ4n) is 1.29. The van der Waals surface area contributed by atoms with Crippen LogP contribution in [0.1, 0.15) is 0 Å². The molecule has 0 aliphatic rings. The third-order valence-corrected chi connectivity index (χ3v) is 2.27. The Kier molecular flexibility index (Phi) is 3.02. The first-order valence-electron chi connectivity index (χ1n) is 4.56. The highest BCUT2D eigenvalue weighted by molar-refractivity contribution is 6.33. The third kappa shape index (κ3) is 2.94. The van der Waals surface area contributed by atoms with Gasteiger partial charge in [0.15, 0.2) is 0 Å². The van der Waals surface area contributed by atoms with E-state index in [1.54, 1.807) is 24.3 Å².